The molecule has 3 atom stereocenters. The van der Waals surface area contributed by atoms with Crippen LogP contribution in [0.2, 0.25) is 0 Å². The molecule has 0 bridgehead atoms. The molecule has 0 radical (unpaired) electrons. The molecule has 0 spiro atoms. The third kappa shape index (κ3) is 8.12. The molecule has 2 aromatic rings. The molecule has 8 nitrogen and oxygen atoms in total. The number of fused-ring (bicyclic) bond motifs is 1. The molecule has 0 unspecified atom stereocenters. The van der Waals surface area contributed by atoms with Crippen molar-refractivity contribution >= 4 is 5.91 Å². The van der Waals surface area contributed by atoms with Crippen LogP contribution in [-0.4, -0.2) is 83.6 Å². The Labute approximate surface area is 238 Å². The van der Waals surface area contributed by atoms with Crippen LogP contribution in [-0.2, 0) is 22.5 Å². The largest absolute Gasteiger partial charge is 0.504 e. The molecule has 8 heteroatoms. The Morgan fingerprint density at radius 1 is 1.00 bits per heavy atom. The van der Waals surface area contributed by atoms with Crippen molar-refractivity contribution in [3.8, 4) is 17.2 Å². The lowest BCUT2D eigenvalue weighted by atomic mass is 9.80. The monoisotopic (exact) mass is 554 g/mol. The van der Waals surface area contributed by atoms with E-state index in [0.717, 1.165) is 49.2 Å². The Balaban J connectivity index is 1.46. The molecule has 0 aliphatic carbocycles. The van der Waals surface area contributed by atoms with Crippen molar-refractivity contribution in [2.24, 2.45) is 17.3 Å². The summed E-state index contributed by atoms with van der Waals surface area (Å²) in [6, 6.07) is 12.9. The van der Waals surface area contributed by atoms with Gasteiger partial charge in [0, 0.05) is 44.6 Å². The van der Waals surface area contributed by atoms with Crippen LogP contribution in [0.15, 0.2) is 42.5 Å². The fourth-order valence-electron chi connectivity index (χ4n) is 5.88. The van der Waals surface area contributed by atoms with Crippen molar-refractivity contribution in [2.45, 2.75) is 58.6 Å². The number of nitrogens with zero attached hydrogens (tertiary/aromatic N) is 2. The molecule has 220 valence electrons. The number of amides is 1. The van der Waals surface area contributed by atoms with Gasteiger partial charge in [0.05, 0.1) is 19.8 Å². The zero-order valence-corrected chi connectivity index (χ0v) is 24.2. The number of aliphatic hydroxyl groups excluding tert-OH is 1. The summed E-state index contributed by atoms with van der Waals surface area (Å²) in [7, 11) is 1.65. The molecular weight excluding hydrogens is 508 g/mol. The third-order valence-corrected chi connectivity index (χ3v) is 8.67. The highest BCUT2D eigenvalue weighted by atomic mass is 16.5. The summed E-state index contributed by atoms with van der Waals surface area (Å²) in [5, 5.41) is 30.7. The maximum atomic E-state index is 13.8. The van der Waals surface area contributed by atoms with Gasteiger partial charge in [-0.05, 0) is 79.5 Å². The first-order valence-corrected chi connectivity index (χ1v) is 14.5. The molecule has 2 aromatic carbocycles. The number of hydrogen-bond donors (Lipinski definition) is 3. The first kappa shape index (κ1) is 30.2. The number of aliphatic hydroxyl groups is 1. The van der Waals surface area contributed by atoms with Gasteiger partial charge in [-0.25, -0.2) is 0 Å². The van der Waals surface area contributed by atoms with E-state index in [1.165, 1.54) is 6.07 Å². The molecule has 3 N–H and O–H groups in total. The molecular formula is C32H46N2O6. The molecule has 2 fully saturated rings. The summed E-state index contributed by atoms with van der Waals surface area (Å²) in [5.74, 6) is 1.33. The molecule has 2 saturated heterocycles. The predicted octanol–water partition coefficient (Wildman–Crippen LogP) is 4.20. The lowest BCUT2D eigenvalue weighted by Crippen LogP contribution is -2.47. The number of methoxy groups -OCH3 is 1. The van der Waals surface area contributed by atoms with Gasteiger partial charge in [0.15, 0.2) is 11.5 Å². The molecule has 2 aliphatic heterocycles. The molecule has 1 amide bonds. The van der Waals surface area contributed by atoms with Crippen molar-refractivity contribution in [2.75, 3.05) is 46.5 Å². The summed E-state index contributed by atoms with van der Waals surface area (Å²) in [4.78, 5) is 18.0. The van der Waals surface area contributed by atoms with Crippen LogP contribution in [0.3, 0.4) is 0 Å². The van der Waals surface area contributed by atoms with Crippen LogP contribution in [0.25, 0.3) is 0 Å². The average Bonchev–Trinajstić information content (AvgIpc) is 2.94. The molecule has 2 heterocycles. The zero-order chi connectivity index (χ0) is 28.7. The van der Waals surface area contributed by atoms with Gasteiger partial charge >= 0.3 is 0 Å². The lowest BCUT2D eigenvalue weighted by Gasteiger charge is -2.39. The predicted molar refractivity (Wildman–Crippen MR) is 154 cm³/mol. The maximum Gasteiger partial charge on any atom is 0.222 e. The fraction of sp³-hybridized carbons (Fsp3) is 0.594. The van der Waals surface area contributed by atoms with Gasteiger partial charge in [0.1, 0.15) is 5.75 Å². The van der Waals surface area contributed by atoms with E-state index in [-0.39, 0.29) is 23.3 Å². The Bertz CT molecular complexity index is 1110. The van der Waals surface area contributed by atoms with E-state index in [4.69, 9.17) is 9.47 Å². The summed E-state index contributed by atoms with van der Waals surface area (Å²) >= 11 is 0. The van der Waals surface area contributed by atoms with Gasteiger partial charge < -0.3 is 29.7 Å². The number of hydrogen-bond acceptors (Lipinski definition) is 7. The van der Waals surface area contributed by atoms with Crippen molar-refractivity contribution in [3.05, 3.63) is 53.6 Å². The fourth-order valence-corrected chi connectivity index (χ4v) is 5.88. The second-order valence-electron chi connectivity index (χ2n) is 12.2. The van der Waals surface area contributed by atoms with Gasteiger partial charge in [0.25, 0.3) is 0 Å². The highest BCUT2D eigenvalue weighted by Gasteiger charge is 2.35. The highest BCUT2D eigenvalue weighted by molar-refractivity contribution is 5.76. The van der Waals surface area contributed by atoms with Crippen molar-refractivity contribution in [1.82, 2.24) is 9.80 Å². The summed E-state index contributed by atoms with van der Waals surface area (Å²) in [5.41, 5.74) is 1.62. The maximum absolute atomic E-state index is 13.8. The van der Waals surface area contributed by atoms with Gasteiger partial charge in [-0.1, -0.05) is 32.0 Å². The smallest absolute Gasteiger partial charge is 0.222 e. The van der Waals surface area contributed by atoms with Crippen LogP contribution < -0.4 is 4.74 Å². The van der Waals surface area contributed by atoms with Gasteiger partial charge in [-0.3, -0.25) is 9.69 Å². The van der Waals surface area contributed by atoms with Gasteiger partial charge in [0.2, 0.25) is 5.91 Å². The lowest BCUT2D eigenvalue weighted by molar-refractivity contribution is -0.136. The second-order valence-corrected chi connectivity index (χ2v) is 12.2. The van der Waals surface area contributed by atoms with Crippen molar-refractivity contribution in [3.63, 3.8) is 0 Å². The molecule has 2 aliphatic rings. The second kappa shape index (κ2) is 13.7. The SMILES string of the molecule is COc1ccc(CCN2C[C@H](O)C(C)(C)COCCC[C@H]3CN(Cc4ccc(O)c(O)c4)CC[C@H]3CC2=O)cc1. The standard InChI is InChI=1S/C32H46N2O6/c1-32(2)22-40-16-4-5-26-20-33(19-24-8-11-28(35)29(36)17-24)14-13-25(26)18-31(38)34(21-30(32)37)15-12-23-6-9-27(39-3)10-7-23/h6-11,17,25-26,30,35-37H,4-5,12-16,18-22H2,1-3H3/t25-,26-,30-/m0/s1. The summed E-state index contributed by atoms with van der Waals surface area (Å²) in [6.07, 6.45) is 3.31. The number of β-amino-alcohol motifs (C(OH)–C–C–N with tert-alkyl or cyclic N) is 1. The quantitative estimate of drug-likeness (QED) is 0.460. The number of ether oxygens (including phenoxy) is 2. The van der Waals surface area contributed by atoms with Crippen LogP contribution >= 0.6 is 0 Å². The normalized spacial score (nSPS) is 24.9. The zero-order valence-electron chi connectivity index (χ0n) is 24.2. The van der Waals surface area contributed by atoms with E-state index in [1.807, 2.05) is 49.1 Å². The molecule has 0 aromatic heterocycles. The first-order valence-electron chi connectivity index (χ1n) is 14.5. The number of phenols is 2. The van der Waals surface area contributed by atoms with Crippen molar-refractivity contribution < 1.29 is 29.6 Å². The molecule has 0 saturated carbocycles. The highest BCUT2D eigenvalue weighted by Crippen LogP contribution is 2.33. The Morgan fingerprint density at radius 2 is 1.75 bits per heavy atom. The van der Waals surface area contributed by atoms with Gasteiger partial charge in [-0.2, -0.15) is 0 Å². The summed E-state index contributed by atoms with van der Waals surface area (Å²) < 4.78 is 11.3. The number of likely N-dealkylation sites (tertiary alicyclic amines) is 1. The summed E-state index contributed by atoms with van der Waals surface area (Å²) in [6.45, 7) is 8.36. The number of aromatic hydroxyl groups is 2. The van der Waals surface area contributed by atoms with E-state index in [0.29, 0.717) is 51.6 Å². The third-order valence-electron chi connectivity index (χ3n) is 8.67. The van der Waals surface area contributed by atoms with E-state index in [9.17, 15) is 20.1 Å². The minimum absolute atomic E-state index is 0.1000. The number of rotatable bonds is 6. The average molecular weight is 555 g/mol. The number of benzene rings is 2. The van der Waals surface area contributed by atoms with E-state index in [2.05, 4.69) is 4.90 Å². The van der Waals surface area contributed by atoms with E-state index >= 15 is 0 Å². The Kier molecular flexibility index (Phi) is 10.3. The van der Waals surface area contributed by atoms with Crippen LogP contribution in [0, 0.1) is 17.3 Å². The van der Waals surface area contributed by atoms with Crippen LogP contribution in [0.1, 0.15) is 50.7 Å². The van der Waals surface area contributed by atoms with E-state index < -0.39 is 11.5 Å². The van der Waals surface area contributed by atoms with Gasteiger partial charge in [-0.15, -0.1) is 0 Å². The minimum Gasteiger partial charge on any atom is -0.504 e. The molecule has 40 heavy (non-hydrogen) atoms. The van der Waals surface area contributed by atoms with Crippen LogP contribution in [0.5, 0.6) is 17.2 Å². The van der Waals surface area contributed by atoms with Crippen molar-refractivity contribution in [1.29, 1.82) is 0 Å². The molecule has 4 rings (SSSR count). The number of carbonyl (C=O) groups excluding carboxylic acids is 1. The topological polar surface area (TPSA) is 103 Å². The Morgan fingerprint density at radius 3 is 2.48 bits per heavy atom. The first-order chi connectivity index (χ1) is 19.1. The Hall–Kier alpha value is -2.81. The number of phenolic OH excluding ortho intramolecular Hbond substituents is 2. The number of piperidine rings is 1. The minimum atomic E-state index is -0.688. The number of carbonyl (C=O) groups is 1. The van der Waals surface area contributed by atoms with E-state index in [1.54, 1.807) is 13.2 Å². The van der Waals surface area contributed by atoms with Crippen LogP contribution in [0.4, 0.5) is 0 Å².